The van der Waals surface area contributed by atoms with Gasteiger partial charge in [-0.05, 0) is 59.7 Å². The predicted molar refractivity (Wildman–Crippen MR) is 115 cm³/mol. The number of hydrogen-bond donors (Lipinski definition) is 1. The van der Waals surface area contributed by atoms with Gasteiger partial charge in [0.2, 0.25) is 0 Å². The number of nitriles is 1. The first-order valence-electron chi connectivity index (χ1n) is 8.92. The molecule has 144 valence electrons. The van der Waals surface area contributed by atoms with Gasteiger partial charge < -0.3 is 15.2 Å². The van der Waals surface area contributed by atoms with Crippen LogP contribution in [0.25, 0.3) is 29.5 Å². The Labute approximate surface area is 166 Å². The van der Waals surface area contributed by atoms with E-state index >= 15 is 0 Å². The number of primary amides is 1. The Morgan fingerprint density at radius 3 is 2.46 bits per heavy atom. The van der Waals surface area contributed by atoms with Crippen LogP contribution in [-0.4, -0.2) is 29.5 Å². The number of aromatic nitrogens is 1. The van der Waals surface area contributed by atoms with Crippen LogP contribution in [0.3, 0.4) is 0 Å². The van der Waals surface area contributed by atoms with Gasteiger partial charge in [-0.3, -0.25) is 4.79 Å². The van der Waals surface area contributed by atoms with Crippen molar-refractivity contribution >= 4 is 24.1 Å². The van der Waals surface area contributed by atoms with Gasteiger partial charge in [0.05, 0.1) is 0 Å². The molecular formula is C23H26N4O. The largest absolute Gasteiger partial charge is 0.378 e. The third kappa shape index (κ3) is 4.07. The van der Waals surface area contributed by atoms with Crippen molar-refractivity contribution in [3.8, 4) is 17.3 Å². The van der Waals surface area contributed by atoms with Gasteiger partial charge in [0.15, 0.2) is 0 Å². The van der Waals surface area contributed by atoms with Crippen molar-refractivity contribution in [2.75, 3.05) is 14.1 Å². The maximum Gasteiger partial charge on any atom is 0.259 e. The molecule has 2 rings (SSSR count). The molecule has 5 nitrogen and oxygen atoms in total. The highest BCUT2D eigenvalue weighted by atomic mass is 16.1. The van der Waals surface area contributed by atoms with E-state index in [4.69, 9.17) is 5.73 Å². The van der Waals surface area contributed by atoms with Gasteiger partial charge in [-0.2, -0.15) is 5.26 Å². The van der Waals surface area contributed by atoms with E-state index in [1.54, 1.807) is 6.92 Å². The predicted octanol–water partition coefficient (Wildman–Crippen LogP) is 2.13. The average Bonchev–Trinajstić information content (AvgIpc) is 3.02. The molecule has 0 unspecified atom stereocenters. The Morgan fingerprint density at radius 1 is 1.29 bits per heavy atom. The zero-order chi connectivity index (χ0) is 21.0. The summed E-state index contributed by atoms with van der Waals surface area (Å²) < 4.78 is 1.95. The fourth-order valence-electron chi connectivity index (χ4n) is 3.17. The van der Waals surface area contributed by atoms with E-state index < -0.39 is 5.91 Å². The van der Waals surface area contributed by atoms with E-state index in [0.29, 0.717) is 5.57 Å². The number of nitrogens with zero attached hydrogens (tertiary/aromatic N) is 3. The molecule has 1 heterocycles. The molecule has 0 aliphatic heterocycles. The monoisotopic (exact) mass is 374 g/mol. The number of carbonyl (C=O) groups is 1. The number of nitrogens with two attached hydrogens (primary N) is 1. The van der Waals surface area contributed by atoms with Crippen molar-refractivity contribution < 1.29 is 4.79 Å². The minimum absolute atomic E-state index is 0.0295. The molecule has 1 aromatic heterocycles. The maximum atomic E-state index is 11.5. The lowest BCUT2D eigenvalue weighted by molar-refractivity contribution is -0.114. The van der Waals surface area contributed by atoms with E-state index in [1.165, 1.54) is 0 Å². The molecule has 5 heteroatoms. The maximum absolute atomic E-state index is 11.5. The molecule has 0 saturated carbocycles. The van der Waals surface area contributed by atoms with Crippen molar-refractivity contribution in [2.24, 2.45) is 12.8 Å². The summed E-state index contributed by atoms with van der Waals surface area (Å²) in [5.41, 5.74) is 9.70. The van der Waals surface area contributed by atoms with Crippen molar-refractivity contribution in [2.45, 2.75) is 13.8 Å². The van der Waals surface area contributed by atoms with E-state index in [9.17, 15) is 10.1 Å². The Kier molecular flexibility index (Phi) is 6.27. The lowest BCUT2D eigenvalue weighted by atomic mass is 10.1. The van der Waals surface area contributed by atoms with E-state index in [1.807, 2.05) is 69.0 Å². The molecular weight excluding hydrogens is 348 g/mol. The number of allylic oxidation sites excluding steroid dienone is 3. The van der Waals surface area contributed by atoms with Crippen molar-refractivity contribution in [3.63, 3.8) is 0 Å². The molecule has 0 radical (unpaired) electrons. The summed E-state index contributed by atoms with van der Waals surface area (Å²) in [4.78, 5) is 13.5. The number of amides is 1. The van der Waals surface area contributed by atoms with Crippen molar-refractivity contribution in [1.29, 1.82) is 5.26 Å². The SMILES string of the molecule is C=c1cc(-c2ccc(/C(C)=C(\C#N)C(N)=O)n2C)cc/c1=C/C(=C\C)N(C)C. The molecule has 0 bridgehead atoms. The first kappa shape index (κ1) is 20.8. The molecule has 2 aromatic rings. The molecule has 2 N–H and O–H groups in total. The average molecular weight is 374 g/mol. The highest BCUT2D eigenvalue weighted by molar-refractivity contribution is 6.03. The minimum Gasteiger partial charge on any atom is -0.378 e. The second kappa shape index (κ2) is 8.45. The van der Waals surface area contributed by atoms with Gasteiger partial charge in [-0.1, -0.05) is 24.8 Å². The van der Waals surface area contributed by atoms with E-state index in [2.05, 4.69) is 23.6 Å². The first-order valence-corrected chi connectivity index (χ1v) is 8.92. The molecule has 28 heavy (non-hydrogen) atoms. The normalized spacial score (nSPS) is 13.1. The Morgan fingerprint density at radius 2 is 1.96 bits per heavy atom. The molecule has 1 amide bonds. The number of carbonyl (C=O) groups excluding carboxylic acids is 1. The highest BCUT2D eigenvalue weighted by Gasteiger charge is 2.14. The van der Waals surface area contributed by atoms with E-state index in [0.717, 1.165) is 33.1 Å². The van der Waals surface area contributed by atoms with Gasteiger partial charge in [0.25, 0.3) is 5.91 Å². The topological polar surface area (TPSA) is 75.0 Å². The fourth-order valence-corrected chi connectivity index (χ4v) is 3.17. The van der Waals surface area contributed by atoms with Gasteiger partial charge >= 0.3 is 0 Å². The van der Waals surface area contributed by atoms with Crippen LogP contribution in [0.2, 0.25) is 0 Å². The number of rotatable bonds is 5. The fraction of sp³-hybridized carbons (Fsp3) is 0.217. The lowest BCUT2D eigenvalue weighted by Gasteiger charge is -2.13. The molecule has 0 atom stereocenters. The summed E-state index contributed by atoms with van der Waals surface area (Å²) in [6.45, 7) is 7.92. The van der Waals surface area contributed by atoms with Crippen LogP contribution in [0.4, 0.5) is 0 Å². The minimum atomic E-state index is -0.719. The van der Waals surface area contributed by atoms with Gasteiger partial charge in [0.1, 0.15) is 11.6 Å². The van der Waals surface area contributed by atoms with Crippen molar-refractivity contribution in [3.05, 3.63) is 63.8 Å². The standard InChI is InChI=1S/C23H26N4O/c1-7-19(26(4)5)13-17-8-9-18(12-15(17)2)22-11-10-21(27(22)6)16(3)20(14-24)23(25)28/h7-13H,2H2,1,3-6H3,(H2,25,28)/b17-13-,19-7+,20-16+. The van der Waals surface area contributed by atoms with Crippen LogP contribution in [0.15, 0.2) is 47.7 Å². The zero-order valence-corrected chi connectivity index (χ0v) is 17.1. The molecule has 1 aromatic carbocycles. The van der Waals surface area contributed by atoms with Crippen LogP contribution >= 0.6 is 0 Å². The van der Waals surface area contributed by atoms with Crippen LogP contribution in [0.5, 0.6) is 0 Å². The Bertz CT molecular complexity index is 1120. The zero-order valence-electron chi connectivity index (χ0n) is 17.1. The molecule has 0 saturated heterocycles. The molecule has 0 aliphatic carbocycles. The van der Waals surface area contributed by atoms with E-state index in [-0.39, 0.29) is 5.57 Å². The Hall–Kier alpha value is -3.52. The summed E-state index contributed by atoms with van der Waals surface area (Å²) in [7, 11) is 5.91. The summed E-state index contributed by atoms with van der Waals surface area (Å²) in [5.74, 6) is -0.719. The third-order valence-electron chi connectivity index (χ3n) is 4.79. The highest BCUT2D eigenvalue weighted by Crippen LogP contribution is 2.25. The van der Waals surface area contributed by atoms with Gasteiger partial charge in [-0.25, -0.2) is 0 Å². The van der Waals surface area contributed by atoms with Crippen LogP contribution in [0.1, 0.15) is 19.5 Å². The van der Waals surface area contributed by atoms with Crippen LogP contribution in [0, 0.1) is 11.3 Å². The molecule has 0 fully saturated rings. The molecule has 0 aliphatic rings. The summed E-state index contributed by atoms with van der Waals surface area (Å²) in [6.07, 6.45) is 4.15. The Balaban J connectivity index is 2.55. The first-order chi connectivity index (χ1) is 13.2. The van der Waals surface area contributed by atoms with Crippen LogP contribution in [-0.2, 0) is 11.8 Å². The molecule has 0 spiro atoms. The second-order valence-electron chi connectivity index (χ2n) is 6.80. The van der Waals surface area contributed by atoms with Gasteiger partial charge in [0, 0.05) is 38.2 Å². The van der Waals surface area contributed by atoms with Gasteiger partial charge in [-0.15, -0.1) is 0 Å². The van der Waals surface area contributed by atoms with Crippen molar-refractivity contribution in [1.82, 2.24) is 9.47 Å². The van der Waals surface area contributed by atoms with Crippen LogP contribution < -0.4 is 16.2 Å². The second-order valence-corrected chi connectivity index (χ2v) is 6.80. The number of benzene rings is 1. The number of hydrogen-bond acceptors (Lipinski definition) is 3. The quantitative estimate of drug-likeness (QED) is 0.643. The third-order valence-corrected chi connectivity index (χ3v) is 4.79. The summed E-state index contributed by atoms with van der Waals surface area (Å²) in [5, 5.41) is 11.2. The summed E-state index contributed by atoms with van der Waals surface area (Å²) >= 11 is 0. The smallest absolute Gasteiger partial charge is 0.259 e. The summed E-state index contributed by atoms with van der Waals surface area (Å²) in [6, 6.07) is 11.9. The lowest BCUT2D eigenvalue weighted by Crippen LogP contribution is -2.24.